The van der Waals surface area contributed by atoms with Gasteiger partial charge in [0.05, 0.1) is 12.1 Å². The van der Waals surface area contributed by atoms with E-state index in [0.717, 1.165) is 5.06 Å². The minimum atomic E-state index is -0.475. The number of rotatable bonds is 3. The number of carbonyl (C=O) groups is 1. The van der Waals surface area contributed by atoms with Gasteiger partial charge < -0.3 is 0 Å². The second kappa shape index (κ2) is 5.63. The van der Waals surface area contributed by atoms with Crippen molar-refractivity contribution in [1.82, 2.24) is 5.06 Å². The second-order valence-electron chi connectivity index (χ2n) is 2.99. The molecule has 1 rings (SSSR count). The Kier molecular flexibility index (Phi) is 4.46. The molecule has 86 valence electrons. The fraction of sp³-hybridized carbons (Fsp3) is 0.182. The molecule has 0 aliphatic carbocycles. The van der Waals surface area contributed by atoms with E-state index >= 15 is 0 Å². The highest BCUT2D eigenvalue weighted by atomic mass is 35.5. The van der Waals surface area contributed by atoms with E-state index in [-0.39, 0.29) is 10.6 Å². The lowest BCUT2D eigenvalue weighted by Gasteiger charge is -2.10. The maximum atomic E-state index is 13.3. The summed E-state index contributed by atoms with van der Waals surface area (Å²) in [6.45, 7) is 0. The summed E-state index contributed by atoms with van der Waals surface area (Å²) in [6, 6.07) is 4.32. The van der Waals surface area contributed by atoms with Crippen LogP contribution in [0.5, 0.6) is 0 Å². The Labute approximate surface area is 98.0 Å². The molecule has 16 heavy (non-hydrogen) atoms. The van der Waals surface area contributed by atoms with Crippen molar-refractivity contribution in [3.8, 4) is 0 Å². The zero-order valence-corrected chi connectivity index (χ0v) is 9.66. The van der Waals surface area contributed by atoms with Crippen LogP contribution in [0, 0.1) is 5.82 Å². The standard InChI is InChI=1S/C11H11ClFNO2/c1-14(16-2)11(15)7-6-8-9(12)4-3-5-10(8)13/h3-7H,1-2H3. The first-order valence-electron chi connectivity index (χ1n) is 4.50. The summed E-state index contributed by atoms with van der Waals surface area (Å²) in [5, 5.41) is 1.27. The Morgan fingerprint density at radius 3 is 2.81 bits per heavy atom. The quantitative estimate of drug-likeness (QED) is 0.603. The Hall–Kier alpha value is -1.39. The third-order valence-electron chi connectivity index (χ3n) is 1.98. The number of benzene rings is 1. The van der Waals surface area contributed by atoms with Gasteiger partial charge in [0.1, 0.15) is 5.82 Å². The molecule has 0 saturated carbocycles. The number of nitrogens with zero attached hydrogens (tertiary/aromatic N) is 1. The Morgan fingerprint density at radius 2 is 2.25 bits per heavy atom. The Morgan fingerprint density at radius 1 is 1.56 bits per heavy atom. The highest BCUT2D eigenvalue weighted by Crippen LogP contribution is 2.20. The van der Waals surface area contributed by atoms with Crippen molar-refractivity contribution in [2.45, 2.75) is 0 Å². The van der Waals surface area contributed by atoms with E-state index in [0.29, 0.717) is 0 Å². The van der Waals surface area contributed by atoms with Crippen LogP contribution < -0.4 is 0 Å². The molecule has 3 nitrogen and oxygen atoms in total. The summed E-state index contributed by atoms with van der Waals surface area (Å²) >= 11 is 5.78. The molecule has 0 heterocycles. The molecule has 0 N–H and O–H groups in total. The smallest absolute Gasteiger partial charge is 0.269 e. The second-order valence-corrected chi connectivity index (χ2v) is 3.39. The van der Waals surface area contributed by atoms with Crippen LogP contribution >= 0.6 is 11.6 Å². The maximum Gasteiger partial charge on any atom is 0.269 e. The summed E-state index contributed by atoms with van der Waals surface area (Å²) in [6.07, 6.45) is 2.50. The molecule has 0 aliphatic heterocycles. The van der Waals surface area contributed by atoms with E-state index in [1.165, 1.54) is 38.4 Å². The van der Waals surface area contributed by atoms with Gasteiger partial charge in [-0.15, -0.1) is 0 Å². The van der Waals surface area contributed by atoms with Gasteiger partial charge >= 0.3 is 0 Å². The predicted molar refractivity (Wildman–Crippen MR) is 60.2 cm³/mol. The monoisotopic (exact) mass is 243 g/mol. The molecule has 0 fully saturated rings. The lowest BCUT2D eigenvalue weighted by molar-refractivity contribution is -0.162. The van der Waals surface area contributed by atoms with Gasteiger partial charge in [-0.25, -0.2) is 9.45 Å². The lowest BCUT2D eigenvalue weighted by Crippen LogP contribution is -2.22. The SMILES string of the molecule is CON(C)C(=O)C=Cc1c(F)cccc1Cl. The minimum Gasteiger partial charge on any atom is -0.274 e. The van der Waals surface area contributed by atoms with Crippen molar-refractivity contribution in [2.75, 3.05) is 14.2 Å². The number of hydroxylamine groups is 2. The van der Waals surface area contributed by atoms with E-state index in [9.17, 15) is 9.18 Å². The molecule has 0 aliphatic rings. The van der Waals surface area contributed by atoms with Crippen molar-refractivity contribution in [2.24, 2.45) is 0 Å². The summed E-state index contributed by atoms with van der Waals surface area (Å²) in [5.74, 6) is -0.876. The lowest BCUT2D eigenvalue weighted by atomic mass is 10.2. The minimum absolute atomic E-state index is 0.182. The van der Waals surface area contributed by atoms with Crippen molar-refractivity contribution < 1.29 is 14.0 Å². The first-order valence-corrected chi connectivity index (χ1v) is 4.88. The number of carbonyl (C=O) groups excluding carboxylic acids is 1. The molecule has 0 unspecified atom stereocenters. The molecule has 0 saturated heterocycles. The van der Waals surface area contributed by atoms with Crippen molar-refractivity contribution in [1.29, 1.82) is 0 Å². The van der Waals surface area contributed by atoms with Gasteiger partial charge in [-0.1, -0.05) is 17.7 Å². The molecule has 1 aromatic carbocycles. The molecule has 0 aromatic heterocycles. The van der Waals surface area contributed by atoms with Gasteiger partial charge in [0.25, 0.3) is 5.91 Å². The van der Waals surface area contributed by atoms with E-state index in [2.05, 4.69) is 4.84 Å². The van der Waals surface area contributed by atoms with Crippen LogP contribution in [0.15, 0.2) is 24.3 Å². The van der Waals surface area contributed by atoms with Crippen LogP contribution in [0.4, 0.5) is 4.39 Å². The summed E-state index contributed by atoms with van der Waals surface area (Å²) in [4.78, 5) is 16.0. The van der Waals surface area contributed by atoms with Gasteiger partial charge in [-0.3, -0.25) is 9.63 Å². The average Bonchev–Trinajstić information content (AvgIpc) is 2.27. The molecule has 0 spiro atoms. The van der Waals surface area contributed by atoms with Crippen LogP contribution in [0.1, 0.15) is 5.56 Å². The molecule has 5 heteroatoms. The Bertz CT molecular complexity index is 400. The number of halogens is 2. The summed E-state index contributed by atoms with van der Waals surface area (Å²) in [5.41, 5.74) is 0.182. The largest absolute Gasteiger partial charge is 0.274 e. The summed E-state index contributed by atoms with van der Waals surface area (Å²) < 4.78 is 13.3. The average molecular weight is 244 g/mol. The topological polar surface area (TPSA) is 29.5 Å². The Balaban J connectivity index is 2.88. The van der Waals surface area contributed by atoms with Crippen LogP contribution in [-0.4, -0.2) is 25.1 Å². The number of hydrogen-bond donors (Lipinski definition) is 0. The van der Waals surface area contributed by atoms with Gasteiger partial charge in [0.15, 0.2) is 0 Å². The number of likely N-dealkylation sites (N-methyl/N-ethyl adjacent to an activating group) is 1. The van der Waals surface area contributed by atoms with Crippen LogP contribution in [0.25, 0.3) is 6.08 Å². The highest BCUT2D eigenvalue weighted by Gasteiger charge is 2.06. The van der Waals surface area contributed by atoms with E-state index in [1.54, 1.807) is 6.07 Å². The van der Waals surface area contributed by atoms with Crippen molar-refractivity contribution >= 4 is 23.6 Å². The van der Waals surface area contributed by atoms with E-state index < -0.39 is 11.7 Å². The molecule has 0 bridgehead atoms. The first kappa shape index (κ1) is 12.7. The zero-order valence-electron chi connectivity index (χ0n) is 8.91. The zero-order chi connectivity index (χ0) is 12.1. The van der Waals surface area contributed by atoms with Crippen LogP contribution in [-0.2, 0) is 9.63 Å². The number of amides is 1. The number of hydrogen-bond acceptors (Lipinski definition) is 2. The fourth-order valence-electron chi connectivity index (χ4n) is 1.02. The van der Waals surface area contributed by atoms with Gasteiger partial charge in [0, 0.05) is 18.7 Å². The summed E-state index contributed by atoms with van der Waals surface area (Å²) in [7, 11) is 2.82. The molecule has 1 aromatic rings. The first-order chi connectivity index (χ1) is 7.56. The molecule has 0 atom stereocenters. The van der Waals surface area contributed by atoms with E-state index in [4.69, 9.17) is 11.6 Å². The predicted octanol–water partition coefficient (Wildman–Crippen LogP) is 2.51. The van der Waals surface area contributed by atoms with Gasteiger partial charge in [0.2, 0.25) is 0 Å². The molecule has 0 radical (unpaired) electrons. The maximum absolute atomic E-state index is 13.3. The van der Waals surface area contributed by atoms with Crippen LogP contribution in [0.2, 0.25) is 5.02 Å². The van der Waals surface area contributed by atoms with Crippen molar-refractivity contribution in [3.63, 3.8) is 0 Å². The molecular weight excluding hydrogens is 233 g/mol. The van der Waals surface area contributed by atoms with Crippen molar-refractivity contribution in [3.05, 3.63) is 40.7 Å². The third-order valence-corrected chi connectivity index (χ3v) is 2.31. The van der Waals surface area contributed by atoms with Gasteiger partial charge in [-0.05, 0) is 18.2 Å². The van der Waals surface area contributed by atoms with E-state index in [1.807, 2.05) is 0 Å². The van der Waals surface area contributed by atoms with Gasteiger partial charge in [-0.2, -0.15) is 0 Å². The third kappa shape index (κ3) is 3.05. The molecule has 1 amide bonds. The highest BCUT2D eigenvalue weighted by molar-refractivity contribution is 6.32. The molecular formula is C11H11ClFNO2. The van der Waals surface area contributed by atoms with Crippen LogP contribution in [0.3, 0.4) is 0 Å². The fourth-order valence-corrected chi connectivity index (χ4v) is 1.25. The normalized spacial score (nSPS) is 10.8.